The van der Waals surface area contributed by atoms with Gasteiger partial charge in [0.15, 0.2) is 0 Å². The topological polar surface area (TPSA) is 46.4 Å². The zero-order valence-electron chi connectivity index (χ0n) is 16.3. The van der Waals surface area contributed by atoms with Gasteiger partial charge in [0, 0.05) is 32.8 Å². The van der Waals surface area contributed by atoms with Crippen molar-refractivity contribution in [3.8, 4) is 0 Å². The molecular formula is C24H19Br2N3O. The summed E-state index contributed by atoms with van der Waals surface area (Å²) in [4.78, 5) is 18.2. The summed E-state index contributed by atoms with van der Waals surface area (Å²) in [6, 6.07) is 23.3. The highest BCUT2D eigenvalue weighted by Crippen LogP contribution is 2.20. The number of hydrogen-bond acceptors (Lipinski definition) is 2. The van der Waals surface area contributed by atoms with Crippen LogP contribution in [0.5, 0.6) is 0 Å². The average Bonchev–Trinajstić information content (AvgIpc) is 2.74. The highest BCUT2D eigenvalue weighted by Gasteiger charge is 2.14. The van der Waals surface area contributed by atoms with E-state index in [-0.39, 0.29) is 5.91 Å². The van der Waals surface area contributed by atoms with E-state index >= 15 is 0 Å². The smallest absolute Gasteiger partial charge is 0.259 e. The minimum absolute atomic E-state index is 0.199. The first-order valence-electron chi connectivity index (χ1n) is 9.54. The Labute approximate surface area is 191 Å². The molecule has 0 saturated heterocycles. The Kier molecular flexibility index (Phi) is 6.16. The number of nitrogens with zero attached hydrogens (tertiary/aromatic N) is 2. The highest BCUT2D eigenvalue weighted by atomic mass is 79.9. The molecule has 0 spiro atoms. The lowest BCUT2D eigenvalue weighted by molar-refractivity contribution is 0.102. The molecule has 3 aromatic carbocycles. The number of benzene rings is 3. The maximum atomic E-state index is 13.3. The fourth-order valence-electron chi connectivity index (χ4n) is 3.34. The number of halogens is 2. The third-order valence-electron chi connectivity index (χ3n) is 4.73. The number of hydrogen-bond donors (Lipinski definition) is 1. The molecule has 0 aliphatic rings. The van der Waals surface area contributed by atoms with Crippen molar-refractivity contribution in [1.29, 1.82) is 0 Å². The fraction of sp³-hybridized carbons (Fsp3) is 0.0833. The molecule has 30 heavy (non-hydrogen) atoms. The van der Waals surface area contributed by atoms with Crippen molar-refractivity contribution in [2.24, 2.45) is 4.99 Å². The monoisotopic (exact) mass is 523 g/mol. The van der Waals surface area contributed by atoms with Crippen molar-refractivity contribution in [3.63, 3.8) is 0 Å². The Balaban J connectivity index is 1.94. The molecule has 4 nitrogen and oxygen atoms in total. The van der Waals surface area contributed by atoms with E-state index in [4.69, 9.17) is 4.99 Å². The summed E-state index contributed by atoms with van der Waals surface area (Å²) in [5, 5.41) is 4.59. The number of carbonyl (C=O) groups excluding carboxylic acids is 1. The summed E-state index contributed by atoms with van der Waals surface area (Å²) in [7, 11) is 0. The quantitative estimate of drug-likeness (QED) is 0.318. The summed E-state index contributed by atoms with van der Waals surface area (Å²) >= 11 is 6.95. The molecule has 4 aromatic rings. The van der Waals surface area contributed by atoms with Gasteiger partial charge in [-0.15, -0.1) is 0 Å². The molecular weight excluding hydrogens is 506 g/mol. The Morgan fingerprint density at radius 3 is 2.43 bits per heavy atom. The van der Waals surface area contributed by atoms with Crippen LogP contribution in [0.4, 0.5) is 11.4 Å². The number of aryl methyl sites for hydroxylation is 1. The minimum Gasteiger partial charge on any atom is -0.347 e. The van der Waals surface area contributed by atoms with E-state index < -0.39 is 0 Å². The predicted molar refractivity (Wildman–Crippen MR) is 129 cm³/mol. The number of rotatable bonds is 4. The Bertz CT molecular complexity index is 1310. The number of pyridine rings is 1. The second-order valence-corrected chi connectivity index (χ2v) is 8.58. The van der Waals surface area contributed by atoms with Gasteiger partial charge in [0.25, 0.3) is 5.91 Å². The van der Waals surface area contributed by atoms with Crippen LogP contribution >= 0.6 is 31.9 Å². The van der Waals surface area contributed by atoms with Crippen LogP contribution in [0.25, 0.3) is 10.9 Å². The summed E-state index contributed by atoms with van der Waals surface area (Å²) in [5.41, 5.74) is 3.06. The van der Waals surface area contributed by atoms with Gasteiger partial charge >= 0.3 is 0 Å². The average molecular weight is 525 g/mol. The van der Waals surface area contributed by atoms with E-state index in [1.54, 1.807) is 0 Å². The van der Waals surface area contributed by atoms with Crippen LogP contribution in [-0.4, -0.2) is 10.5 Å². The van der Waals surface area contributed by atoms with Gasteiger partial charge in [0.1, 0.15) is 0 Å². The Hall–Kier alpha value is -2.70. The number of carbonyl (C=O) groups is 1. The normalized spacial score (nSPS) is 11.6. The molecule has 0 atom stereocenters. The summed E-state index contributed by atoms with van der Waals surface area (Å²) in [6.45, 7) is 2.81. The second kappa shape index (κ2) is 8.98. The Morgan fingerprint density at radius 2 is 1.70 bits per heavy atom. The summed E-state index contributed by atoms with van der Waals surface area (Å²) in [6.07, 6.45) is 1.88. The molecule has 1 aromatic heterocycles. The van der Waals surface area contributed by atoms with Crippen molar-refractivity contribution in [2.45, 2.75) is 13.5 Å². The molecule has 1 amide bonds. The molecule has 0 bridgehead atoms. The van der Waals surface area contributed by atoms with Crippen LogP contribution < -0.4 is 10.7 Å². The standard InChI is InChI=1S/C24H19Br2N3O/c1-2-29-15-21(24(30)28-19-10-6-8-17(26)14-19)23(20-11-3-4-12-22(20)29)27-18-9-5-7-16(25)13-18/h3-15H,2H2,1H3,(H,28,30). The van der Waals surface area contributed by atoms with Crippen molar-refractivity contribution >= 4 is 60.0 Å². The highest BCUT2D eigenvalue weighted by molar-refractivity contribution is 9.10. The molecule has 0 unspecified atom stereocenters. The lowest BCUT2D eigenvalue weighted by atomic mass is 10.1. The van der Waals surface area contributed by atoms with E-state index in [1.165, 1.54) is 0 Å². The third-order valence-corrected chi connectivity index (χ3v) is 5.71. The van der Waals surface area contributed by atoms with Gasteiger partial charge in [-0.3, -0.25) is 4.79 Å². The third kappa shape index (κ3) is 4.40. The van der Waals surface area contributed by atoms with Gasteiger partial charge < -0.3 is 9.88 Å². The van der Waals surface area contributed by atoms with Gasteiger partial charge in [0.2, 0.25) is 0 Å². The first-order chi connectivity index (χ1) is 14.5. The second-order valence-electron chi connectivity index (χ2n) is 6.75. The number of aromatic nitrogens is 1. The fourth-order valence-corrected chi connectivity index (χ4v) is 4.13. The molecule has 1 N–H and O–H groups in total. The molecule has 6 heteroatoms. The zero-order chi connectivity index (χ0) is 21.1. The first-order valence-corrected chi connectivity index (χ1v) is 11.1. The number of para-hydroxylation sites is 1. The van der Waals surface area contributed by atoms with Gasteiger partial charge in [-0.1, -0.05) is 62.2 Å². The number of anilines is 1. The molecule has 0 radical (unpaired) electrons. The molecule has 0 fully saturated rings. The first kappa shape index (κ1) is 20.6. The van der Waals surface area contributed by atoms with E-state index in [2.05, 4.69) is 54.7 Å². The molecule has 0 saturated carbocycles. The van der Waals surface area contributed by atoms with Crippen molar-refractivity contribution in [3.05, 3.63) is 98.9 Å². The zero-order valence-corrected chi connectivity index (χ0v) is 19.4. The molecule has 150 valence electrons. The van der Waals surface area contributed by atoms with Crippen LogP contribution in [-0.2, 0) is 6.54 Å². The van der Waals surface area contributed by atoms with Crippen molar-refractivity contribution < 1.29 is 4.79 Å². The largest absolute Gasteiger partial charge is 0.347 e. The van der Waals surface area contributed by atoms with Crippen LogP contribution in [0.15, 0.2) is 92.9 Å². The van der Waals surface area contributed by atoms with Crippen LogP contribution in [0.3, 0.4) is 0 Å². The van der Waals surface area contributed by atoms with Gasteiger partial charge in [-0.25, -0.2) is 4.99 Å². The summed E-state index contributed by atoms with van der Waals surface area (Å²) in [5.74, 6) is -0.199. The number of fused-ring (bicyclic) bond motifs is 1. The van der Waals surface area contributed by atoms with Crippen molar-refractivity contribution in [2.75, 3.05) is 5.32 Å². The van der Waals surface area contributed by atoms with Crippen molar-refractivity contribution in [1.82, 2.24) is 4.57 Å². The van der Waals surface area contributed by atoms with Gasteiger partial charge in [-0.2, -0.15) is 0 Å². The van der Waals surface area contributed by atoms with Crippen LogP contribution in [0.1, 0.15) is 17.3 Å². The van der Waals surface area contributed by atoms with Crippen LogP contribution in [0.2, 0.25) is 0 Å². The lowest BCUT2D eigenvalue weighted by Gasteiger charge is -2.14. The van der Waals surface area contributed by atoms with Gasteiger partial charge in [-0.05, 0) is 49.4 Å². The predicted octanol–water partition coefficient (Wildman–Crippen LogP) is 6.67. The van der Waals surface area contributed by atoms with E-state index in [0.29, 0.717) is 10.9 Å². The maximum absolute atomic E-state index is 13.3. The Morgan fingerprint density at radius 1 is 0.967 bits per heavy atom. The SMILES string of the molecule is CCn1cc(C(=O)Nc2cccc(Br)c2)c(=Nc2cccc(Br)c2)c2ccccc21. The molecule has 1 heterocycles. The minimum atomic E-state index is -0.199. The number of nitrogens with one attached hydrogen (secondary N) is 1. The molecule has 0 aliphatic heterocycles. The van der Waals surface area contributed by atoms with E-state index in [1.807, 2.05) is 72.9 Å². The van der Waals surface area contributed by atoms with Gasteiger partial charge in [0.05, 0.1) is 22.1 Å². The van der Waals surface area contributed by atoms with E-state index in [0.717, 1.165) is 37.8 Å². The molecule has 0 aliphatic carbocycles. The summed E-state index contributed by atoms with van der Waals surface area (Å²) < 4.78 is 3.92. The number of amides is 1. The lowest BCUT2D eigenvalue weighted by Crippen LogP contribution is -2.24. The van der Waals surface area contributed by atoms with E-state index in [9.17, 15) is 4.79 Å². The molecule has 4 rings (SSSR count). The van der Waals surface area contributed by atoms with Crippen LogP contribution in [0, 0.1) is 0 Å². The maximum Gasteiger partial charge on any atom is 0.259 e.